The molecule has 1 aliphatic rings. The average molecular weight is 192 g/mol. The molecule has 1 heterocycles. The van der Waals surface area contributed by atoms with Crippen LogP contribution in [0, 0.1) is 0 Å². The minimum atomic E-state index is -0.985. The molecule has 2 rings (SSSR count). The van der Waals surface area contributed by atoms with Gasteiger partial charge in [-0.15, -0.1) is 0 Å². The Bertz CT molecular complexity index is 395. The summed E-state index contributed by atoms with van der Waals surface area (Å²) in [5, 5.41) is 8.46. The summed E-state index contributed by atoms with van der Waals surface area (Å²) in [6.07, 6.45) is 2.55. The van der Waals surface area contributed by atoms with Gasteiger partial charge in [-0.3, -0.25) is 0 Å². The second kappa shape index (κ2) is 3.41. The van der Waals surface area contributed by atoms with Gasteiger partial charge in [0.1, 0.15) is 0 Å². The Kier molecular flexibility index (Phi) is 2.10. The molecule has 0 aliphatic carbocycles. The minimum absolute atomic E-state index is 0.188. The number of fused-ring (bicyclic) bond motifs is 1. The van der Waals surface area contributed by atoms with E-state index in [9.17, 15) is 4.79 Å². The zero-order valence-corrected chi connectivity index (χ0v) is 7.27. The van der Waals surface area contributed by atoms with E-state index in [4.69, 9.17) is 14.6 Å². The molecule has 72 valence electrons. The van der Waals surface area contributed by atoms with Crippen molar-refractivity contribution >= 4 is 12.0 Å². The van der Waals surface area contributed by atoms with Crippen LogP contribution in [0.3, 0.4) is 0 Å². The highest BCUT2D eigenvalue weighted by atomic mass is 16.7. The molecule has 1 aliphatic heterocycles. The van der Waals surface area contributed by atoms with Crippen LogP contribution in [0.15, 0.2) is 24.3 Å². The average Bonchev–Trinajstić information content (AvgIpc) is 2.62. The quantitative estimate of drug-likeness (QED) is 0.721. The number of carboxylic acid groups (broad SMARTS) is 1. The summed E-state index contributed by atoms with van der Waals surface area (Å²) < 4.78 is 10.3. The Morgan fingerprint density at radius 1 is 1.43 bits per heavy atom. The second-order valence-corrected chi connectivity index (χ2v) is 2.75. The van der Waals surface area contributed by atoms with Crippen molar-refractivity contribution in [2.24, 2.45) is 0 Å². The molecule has 0 saturated heterocycles. The van der Waals surface area contributed by atoms with Gasteiger partial charge in [0.05, 0.1) is 0 Å². The lowest BCUT2D eigenvalue weighted by Crippen LogP contribution is -1.93. The predicted molar refractivity (Wildman–Crippen MR) is 49.2 cm³/mol. The highest BCUT2D eigenvalue weighted by Gasteiger charge is 2.15. The lowest BCUT2D eigenvalue weighted by atomic mass is 10.2. The van der Waals surface area contributed by atoms with Gasteiger partial charge in [0.15, 0.2) is 11.5 Å². The summed E-state index contributed by atoms with van der Waals surface area (Å²) in [7, 11) is 0. The molecule has 0 bridgehead atoms. The highest BCUT2D eigenvalue weighted by Crippen LogP contribution is 2.35. The Hall–Kier alpha value is -1.97. The number of rotatable bonds is 2. The van der Waals surface area contributed by atoms with Gasteiger partial charge in [0, 0.05) is 11.6 Å². The van der Waals surface area contributed by atoms with Crippen molar-refractivity contribution in [1.82, 2.24) is 0 Å². The van der Waals surface area contributed by atoms with Crippen molar-refractivity contribution in [1.29, 1.82) is 0 Å². The van der Waals surface area contributed by atoms with Gasteiger partial charge in [-0.2, -0.15) is 0 Å². The van der Waals surface area contributed by atoms with E-state index in [1.54, 1.807) is 18.2 Å². The monoisotopic (exact) mass is 192 g/mol. The summed E-state index contributed by atoms with van der Waals surface area (Å²) >= 11 is 0. The molecule has 0 aromatic heterocycles. The van der Waals surface area contributed by atoms with Gasteiger partial charge < -0.3 is 14.6 Å². The third-order valence-electron chi connectivity index (χ3n) is 1.83. The van der Waals surface area contributed by atoms with Crippen molar-refractivity contribution in [2.45, 2.75) is 0 Å². The first kappa shape index (κ1) is 8.62. The van der Waals surface area contributed by atoms with Crippen molar-refractivity contribution in [3.63, 3.8) is 0 Å². The number of carbonyl (C=O) groups is 1. The molecule has 4 nitrogen and oxygen atoms in total. The number of para-hydroxylation sites is 1. The number of aliphatic carboxylic acids is 1. The highest BCUT2D eigenvalue weighted by molar-refractivity contribution is 5.86. The van der Waals surface area contributed by atoms with Gasteiger partial charge in [-0.1, -0.05) is 12.1 Å². The summed E-state index contributed by atoms with van der Waals surface area (Å²) in [4.78, 5) is 10.3. The number of hydrogen-bond donors (Lipinski definition) is 1. The molecule has 0 saturated carbocycles. The molecular weight excluding hydrogens is 184 g/mol. The lowest BCUT2D eigenvalue weighted by Gasteiger charge is -1.98. The van der Waals surface area contributed by atoms with E-state index in [1.807, 2.05) is 0 Å². The van der Waals surface area contributed by atoms with E-state index in [1.165, 1.54) is 6.08 Å². The van der Waals surface area contributed by atoms with Gasteiger partial charge in [0.2, 0.25) is 6.79 Å². The van der Waals surface area contributed by atoms with E-state index in [0.29, 0.717) is 17.1 Å². The first-order chi connectivity index (χ1) is 6.77. The molecule has 0 atom stereocenters. The summed E-state index contributed by atoms with van der Waals surface area (Å²) in [5.74, 6) is 0.268. The predicted octanol–water partition coefficient (Wildman–Crippen LogP) is 1.51. The first-order valence-corrected chi connectivity index (χ1v) is 4.07. The number of ether oxygens (including phenoxy) is 2. The molecule has 0 amide bonds. The molecule has 4 heteroatoms. The van der Waals surface area contributed by atoms with Crippen LogP contribution in [-0.2, 0) is 4.79 Å². The number of benzene rings is 1. The Balaban J connectivity index is 2.35. The molecule has 0 unspecified atom stereocenters. The molecule has 1 N–H and O–H groups in total. The van der Waals surface area contributed by atoms with Gasteiger partial charge in [-0.05, 0) is 12.1 Å². The van der Waals surface area contributed by atoms with Gasteiger partial charge in [-0.25, -0.2) is 4.79 Å². The molecule has 1 aromatic rings. The van der Waals surface area contributed by atoms with Crippen LogP contribution in [-0.4, -0.2) is 17.9 Å². The molecule has 1 aromatic carbocycles. The van der Waals surface area contributed by atoms with Crippen LogP contribution in [0.2, 0.25) is 0 Å². The van der Waals surface area contributed by atoms with Crippen molar-refractivity contribution in [3.8, 4) is 11.5 Å². The molecular formula is C10H8O4. The van der Waals surface area contributed by atoms with Gasteiger partial charge in [0.25, 0.3) is 0 Å². The lowest BCUT2D eigenvalue weighted by molar-refractivity contribution is -0.131. The first-order valence-electron chi connectivity index (χ1n) is 4.07. The van der Waals surface area contributed by atoms with Crippen LogP contribution < -0.4 is 9.47 Å². The maximum Gasteiger partial charge on any atom is 0.328 e. The van der Waals surface area contributed by atoms with Gasteiger partial charge >= 0.3 is 5.97 Å². The van der Waals surface area contributed by atoms with Crippen LogP contribution in [0.4, 0.5) is 0 Å². The molecule has 0 fully saturated rings. The SMILES string of the molecule is O=C(O)/C=C/c1cccc2c1OCO2. The Morgan fingerprint density at radius 2 is 2.29 bits per heavy atom. The Morgan fingerprint density at radius 3 is 3.07 bits per heavy atom. The van der Waals surface area contributed by atoms with Crippen molar-refractivity contribution in [2.75, 3.05) is 6.79 Å². The molecule has 0 spiro atoms. The number of hydrogen-bond acceptors (Lipinski definition) is 3. The largest absolute Gasteiger partial charge is 0.478 e. The van der Waals surface area contributed by atoms with E-state index < -0.39 is 5.97 Å². The van der Waals surface area contributed by atoms with E-state index >= 15 is 0 Å². The van der Waals surface area contributed by atoms with Crippen LogP contribution in [0.1, 0.15) is 5.56 Å². The summed E-state index contributed by atoms with van der Waals surface area (Å²) in [6, 6.07) is 5.34. The third-order valence-corrected chi connectivity index (χ3v) is 1.83. The summed E-state index contributed by atoms with van der Waals surface area (Å²) in [5.41, 5.74) is 0.711. The molecule has 14 heavy (non-hydrogen) atoms. The maximum atomic E-state index is 10.3. The normalized spacial score (nSPS) is 13.4. The Labute approximate surface area is 80.4 Å². The van der Waals surface area contributed by atoms with E-state index in [2.05, 4.69) is 0 Å². The topological polar surface area (TPSA) is 55.8 Å². The van der Waals surface area contributed by atoms with Crippen molar-refractivity contribution < 1.29 is 19.4 Å². The van der Waals surface area contributed by atoms with Crippen LogP contribution >= 0.6 is 0 Å². The van der Waals surface area contributed by atoms with Crippen LogP contribution in [0.5, 0.6) is 11.5 Å². The summed E-state index contributed by atoms with van der Waals surface area (Å²) in [6.45, 7) is 0.188. The van der Waals surface area contributed by atoms with E-state index in [-0.39, 0.29) is 6.79 Å². The fraction of sp³-hybridized carbons (Fsp3) is 0.100. The third kappa shape index (κ3) is 1.54. The fourth-order valence-corrected chi connectivity index (χ4v) is 1.25. The maximum absolute atomic E-state index is 10.3. The van der Waals surface area contributed by atoms with Crippen molar-refractivity contribution in [3.05, 3.63) is 29.8 Å². The smallest absolute Gasteiger partial charge is 0.328 e. The minimum Gasteiger partial charge on any atom is -0.478 e. The fourth-order valence-electron chi connectivity index (χ4n) is 1.25. The standard InChI is InChI=1S/C10H8O4/c11-9(12)5-4-7-2-1-3-8-10(7)14-6-13-8/h1-5H,6H2,(H,11,12)/b5-4+. The van der Waals surface area contributed by atoms with E-state index in [0.717, 1.165) is 6.08 Å². The second-order valence-electron chi connectivity index (χ2n) is 2.75. The zero-order chi connectivity index (χ0) is 9.97. The molecule has 0 radical (unpaired) electrons. The zero-order valence-electron chi connectivity index (χ0n) is 7.27. The number of carboxylic acids is 1. The van der Waals surface area contributed by atoms with Crippen LogP contribution in [0.25, 0.3) is 6.08 Å².